The quantitative estimate of drug-likeness (QED) is 0.848. The van der Waals surface area contributed by atoms with Crippen LogP contribution in [0.3, 0.4) is 0 Å². The summed E-state index contributed by atoms with van der Waals surface area (Å²) < 4.78 is 14.4. The molecule has 1 aliphatic heterocycles. The van der Waals surface area contributed by atoms with Gasteiger partial charge in [0.15, 0.2) is 0 Å². The molecule has 1 fully saturated rings. The van der Waals surface area contributed by atoms with E-state index in [1.807, 2.05) is 18.2 Å². The maximum absolute atomic E-state index is 13.7. The second-order valence-corrected chi connectivity index (χ2v) is 6.85. The average molecular weight is 405 g/mol. The summed E-state index contributed by atoms with van der Waals surface area (Å²) in [4.78, 5) is 26.5. The summed E-state index contributed by atoms with van der Waals surface area (Å²) in [6.45, 7) is 1.12. The number of nitrogens with one attached hydrogen (secondary N) is 1. The number of rotatable bonds is 3. The van der Waals surface area contributed by atoms with Crippen LogP contribution in [0.15, 0.2) is 53.0 Å². The van der Waals surface area contributed by atoms with Gasteiger partial charge in [-0.1, -0.05) is 24.3 Å². The minimum absolute atomic E-state index is 0.0219. The van der Waals surface area contributed by atoms with Crippen LogP contribution in [0.1, 0.15) is 33.6 Å². The van der Waals surface area contributed by atoms with Gasteiger partial charge >= 0.3 is 0 Å². The SMILES string of the molecule is O=C(NC1CCN(C(=O)c2ccccc2Br)CC1)c1ccccc1F. The molecule has 6 heteroatoms. The topological polar surface area (TPSA) is 49.4 Å². The predicted octanol–water partition coefficient (Wildman–Crippen LogP) is 3.62. The molecule has 2 aromatic rings. The number of hydrogen-bond acceptors (Lipinski definition) is 2. The molecule has 1 heterocycles. The summed E-state index contributed by atoms with van der Waals surface area (Å²) >= 11 is 3.40. The number of carbonyl (C=O) groups excluding carboxylic acids is 2. The van der Waals surface area contributed by atoms with Gasteiger partial charge in [-0.3, -0.25) is 9.59 Å². The van der Waals surface area contributed by atoms with Crippen molar-refractivity contribution < 1.29 is 14.0 Å². The molecular formula is C19H18BrFN2O2. The van der Waals surface area contributed by atoms with Gasteiger partial charge < -0.3 is 10.2 Å². The zero-order valence-electron chi connectivity index (χ0n) is 13.5. The number of halogens is 2. The minimum atomic E-state index is -0.526. The van der Waals surface area contributed by atoms with E-state index in [0.717, 1.165) is 4.47 Å². The Kier molecular flexibility index (Phi) is 5.48. The Labute approximate surface area is 154 Å². The van der Waals surface area contributed by atoms with E-state index >= 15 is 0 Å². The van der Waals surface area contributed by atoms with Crippen LogP contribution in [0.25, 0.3) is 0 Å². The van der Waals surface area contributed by atoms with Crippen molar-refractivity contribution in [2.45, 2.75) is 18.9 Å². The Bertz CT molecular complexity index is 788. The lowest BCUT2D eigenvalue weighted by Gasteiger charge is -2.32. The van der Waals surface area contributed by atoms with Crippen LogP contribution >= 0.6 is 15.9 Å². The molecular weight excluding hydrogens is 387 g/mol. The lowest BCUT2D eigenvalue weighted by molar-refractivity contribution is 0.0697. The van der Waals surface area contributed by atoms with Gasteiger partial charge in [0.1, 0.15) is 5.82 Å². The normalized spacial score (nSPS) is 15.0. The van der Waals surface area contributed by atoms with Gasteiger partial charge in [-0.2, -0.15) is 0 Å². The largest absolute Gasteiger partial charge is 0.349 e. The molecule has 0 radical (unpaired) electrons. The summed E-state index contributed by atoms with van der Waals surface area (Å²) in [5, 5.41) is 2.86. The number of nitrogens with zero attached hydrogens (tertiary/aromatic N) is 1. The third-order valence-electron chi connectivity index (χ3n) is 4.34. The highest BCUT2D eigenvalue weighted by atomic mass is 79.9. The molecule has 0 spiro atoms. The van der Waals surface area contributed by atoms with E-state index in [2.05, 4.69) is 21.2 Å². The number of hydrogen-bond donors (Lipinski definition) is 1. The summed E-state index contributed by atoms with van der Waals surface area (Å²) in [6, 6.07) is 13.2. The van der Waals surface area contributed by atoms with E-state index in [-0.39, 0.29) is 17.5 Å². The number of likely N-dealkylation sites (tertiary alicyclic amines) is 1. The first-order valence-corrected chi connectivity index (χ1v) is 8.95. The summed E-state index contributed by atoms with van der Waals surface area (Å²) in [7, 11) is 0. The molecule has 130 valence electrons. The summed E-state index contributed by atoms with van der Waals surface area (Å²) in [6.07, 6.45) is 1.30. The average Bonchev–Trinajstić information content (AvgIpc) is 2.62. The highest BCUT2D eigenvalue weighted by Gasteiger charge is 2.26. The van der Waals surface area contributed by atoms with Crippen molar-refractivity contribution in [1.29, 1.82) is 0 Å². The maximum Gasteiger partial charge on any atom is 0.254 e. The van der Waals surface area contributed by atoms with Crippen LogP contribution in [0.5, 0.6) is 0 Å². The van der Waals surface area contributed by atoms with Crippen molar-refractivity contribution in [3.8, 4) is 0 Å². The third-order valence-corrected chi connectivity index (χ3v) is 5.03. The molecule has 2 amide bonds. The van der Waals surface area contributed by atoms with Gasteiger partial charge in [0, 0.05) is 23.6 Å². The number of benzene rings is 2. The molecule has 3 rings (SSSR count). The predicted molar refractivity (Wildman–Crippen MR) is 96.9 cm³/mol. The lowest BCUT2D eigenvalue weighted by atomic mass is 10.0. The molecule has 25 heavy (non-hydrogen) atoms. The Morgan fingerprint density at radius 1 is 1.00 bits per heavy atom. The van der Waals surface area contributed by atoms with Gasteiger partial charge in [-0.15, -0.1) is 0 Å². The molecule has 0 atom stereocenters. The number of carbonyl (C=O) groups is 2. The second-order valence-electron chi connectivity index (χ2n) is 6.00. The van der Waals surface area contributed by atoms with Crippen molar-refractivity contribution in [1.82, 2.24) is 10.2 Å². The van der Waals surface area contributed by atoms with Gasteiger partial charge in [-0.05, 0) is 53.0 Å². The Morgan fingerprint density at radius 2 is 1.60 bits per heavy atom. The zero-order valence-corrected chi connectivity index (χ0v) is 15.1. The Hall–Kier alpha value is -2.21. The molecule has 1 N–H and O–H groups in total. The first-order chi connectivity index (χ1) is 12.1. The van der Waals surface area contributed by atoms with E-state index in [0.29, 0.717) is 31.5 Å². The highest BCUT2D eigenvalue weighted by Crippen LogP contribution is 2.20. The van der Waals surface area contributed by atoms with Gasteiger partial charge in [0.25, 0.3) is 11.8 Å². The molecule has 1 aliphatic rings. The second kappa shape index (κ2) is 7.78. The van der Waals surface area contributed by atoms with Crippen molar-refractivity contribution in [3.05, 3.63) is 69.9 Å². The number of piperidine rings is 1. The van der Waals surface area contributed by atoms with Crippen molar-refractivity contribution in [2.24, 2.45) is 0 Å². The molecule has 0 unspecified atom stereocenters. The first kappa shape index (κ1) is 17.6. The van der Waals surface area contributed by atoms with Crippen molar-refractivity contribution >= 4 is 27.7 Å². The first-order valence-electron chi connectivity index (χ1n) is 8.15. The molecule has 0 aromatic heterocycles. The fourth-order valence-corrected chi connectivity index (χ4v) is 3.39. The van der Waals surface area contributed by atoms with Crippen molar-refractivity contribution in [2.75, 3.05) is 13.1 Å². The third kappa shape index (κ3) is 4.07. The van der Waals surface area contributed by atoms with Crippen LogP contribution in [0.4, 0.5) is 4.39 Å². The molecule has 4 nitrogen and oxygen atoms in total. The van der Waals surface area contributed by atoms with Crippen LogP contribution < -0.4 is 5.32 Å². The molecule has 0 aliphatic carbocycles. The molecule has 1 saturated heterocycles. The van der Waals surface area contributed by atoms with Crippen LogP contribution in [0, 0.1) is 5.82 Å². The summed E-state index contributed by atoms with van der Waals surface area (Å²) in [5.74, 6) is -0.957. The molecule has 2 aromatic carbocycles. The Balaban J connectivity index is 1.57. The monoisotopic (exact) mass is 404 g/mol. The van der Waals surface area contributed by atoms with E-state index in [4.69, 9.17) is 0 Å². The lowest BCUT2D eigenvalue weighted by Crippen LogP contribution is -2.46. The maximum atomic E-state index is 13.7. The van der Waals surface area contributed by atoms with Gasteiger partial charge in [-0.25, -0.2) is 4.39 Å². The molecule has 0 saturated carbocycles. The van der Waals surface area contributed by atoms with Crippen LogP contribution in [-0.4, -0.2) is 35.8 Å². The van der Waals surface area contributed by atoms with Crippen molar-refractivity contribution in [3.63, 3.8) is 0 Å². The van der Waals surface area contributed by atoms with E-state index in [9.17, 15) is 14.0 Å². The van der Waals surface area contributed by atoms with E-state index < -0.39 is 11.7 Å². The van der Waals surface area contributed by atoms with Gasteiger partial charge in [0.2, 0.25) is 0 Å². The van der Waals surface area contributed by atoms with E-state index in [1.54, 1.807) is 23.1 Å². The van der Waals surface area contributed by atoms with Crippen LogP contribution in [-0.2, 0) is 0 Å². The fourth-order valence-electron chi connectivity index (χ4n) is 2.94. The van der Waals surface area contributed by atoms with Crippen LogP contribution in [0.2, 0.25) is 0 Å². The fraction of sp³-hybridized carbons (Fsp3) is 0.263. The highest BCUT2D eigenvalue weighted by molar-refractivity contribution is 9.10. The molecule has 0 bridgehead atoms. The van der Waals surface area contributed by atoms with Gasteiger partial charge in [0.05, 0.1) is 11.1 Å². The van der Waals surface area contributed by atoms with E-state index in [1.165, 1.54) is 12.1 Å². The zero-order chi connectivity index (χ0) is 17.8. The smallest absolute Gasteiger partial charge is 0.254 e. The standard InChI is InChI=1S/C19H18BrFN2O2/c20-16-7-3-1-5-14(16)19(25)23-11-9-13(10-12-23)22-18(24)15-6-2-4-8-17(15)21/h1-8,13H,9-12H2,(H,22,24). The minimum Gasteiger partial charge on any atom is -0.349 e. The number of amides is 2. The Morgan fingerprint density at radius 3 is 2.24 bits per heavy atom. The summed E-state index contributed by atoms with van der Waals surface area (Å²) in [5.41, 5.74) is 0.686.